The summed E-state index contributed by atoms with van der Waals surface area (Å²) in [5.74, 6) is -2.81. The van der Waals surface area contributed by atoms with Crippen molar-refractivity contribution in [2.45, 2.75) is 37.6 Å². The van der Waals surface area contributed by atoms with E-state index in [9.17, 15) is 27.2 Å². The van der Waals surface area contributed by atoms with Crippen molar-refractivity contribution in [1.29, 1.82) is 0 Å². The molecule has 41 heavy (non-hydrogen) atoms. The number of nitrogens with one attached hydrogen (secondary N) is 2. The van der Waals surface area contributed by atoms with Gasteiger partial charge in [0.25, 0.3) is 5.56 Å². The minimum Gasteiger partial charge on any atom is -0.354 e. The minimum atomic E-state index is -2.76. The number of nitrogens with zero attached hydrogens (tertiary/aromatic N) is 2. The molecule has 3 heterocycles. The zero-order chi connectivity index (χ0) is 28.7. The van der Waals surface area contributed by atoms with Crippen molar-refractivity contribution in [1.82, 2.24) is 14.5 Å². The van der Waals surface area contributed by atoms with Crippen LogP contribution in [0, 0.1) is 11.6 Å². The number of alkyl halides is 2. The zero-order valence-electron chi connectivity index (χ0n) is 21.6. The van der Waals surface area contributed by atoms with Crippen molar-refractivity contribution >= 4 is 22.6 Å². The maximum atomic E-state index is 13.8. The van der Waals surface area contributed by atoms with Gasteiger partial charge in [-0.05, 0) is 66.4 Å². The molecule has 1 fully saturated rings. The predicted octanol–water partition coefficient (Wildman–Crippen LogP) is 7.05. The number of carbonyl (C=O) groups is 1. The van der Waals surface area contributed by atoms with Crippen LogP contribution in [0.25, 0.3) is 33.3 Å². The van der Waals surface area contributed by atoms with Crippen LogP contribution in [0.2, 0.25) is 0 Å². The van der Waals surface area contributed by atoms with E-state index < -0.39 is 36.3 Å². The van der Waals surface area contributed by atoms with E-state index in [1.807, 2.05) is 6.07 Å². The third kappa shape index (κ3) is 5.37. The molecule has 0 saturated heterocycles. The van der Waals surface area contributed by atoms with Gasteiger partial charge in [-0.2, -0.15) is 0 Å². The summed E-state index contributed by atoms with van der Waals surface area (Å²) in [6, 6.07) is 15.9. The molecule has 1 amide bonds. The Morgan fingerprint density at radius 3 is 2.32 bits per heavy atom. The number of H-pyrrole nitrogens is 1. The van der Waals surface area contributed by atoms with Crippen LogP contribution in [-0.4, -0.2) is 26.9 Å². The molecule has 1 saturated carbocycles. The summed E-state index contributed by atoms with van der Waals surface area (Å²) >= 11 is 0. The van der Waals surface area contributed by atoms with E-state index in [0.717, 1.165) is 25.0 Å². The summed E-state index contributed by atoms with van der Waals surface area (Å²) in [5.41, 5.74) is 2.99. The van der Waals surface area contributed by atoms with Crippen LogP contribution in [0.4, 0.5) is 23.4 Å². The second-order valence-corrected chi connectivity index (χ2v) is 10.1. The molecular formula is C31H24F4N4O2. The lowest BCUT2D eigenvalue weighted by Crippen LogP contribution is -2.23. The number of aromatic amines is 1. The number of hydrogen-bond acceptors (Lipinski definition) is 3. The van der Waals surface area contributed by atoms with Gasteiger partial charge in [0.1, 0.15) is 17.5 Å². The average Bonchev–Trinajstić information content (AvgIpc) is 3.72. The first kappa shape index (κ1) is 26.5. The van der Waals surface area contributed by atoms with Gasteiger partial charge < -0.3 is 14.9 Å². The fourth-order valence-corrected chi connectivity index (χ4v) is 5.12. The molecule has 0 unspecified atom stereocenters. The first-order chi connectivity index (χ1) is 19.8. The van der Waals surface area contributed by atoms with Crippen molar-refractivity contribution in [3.05, 3.63) is 107 Å². The number of rotatable bonds is 8. The lowest BCUT2D eigenvalue weighted by Gasteiger charge is -2.17. The van der Waals surface area contributed by atoms with Crippen LogP contribution in [0.3, 0.4) is 0 Å². The Kier molecular flexibility index (Phi) is 6.90. The molecule has 5 aromatic rings. The number of amides is 1. The lowest BCUT2D eigenvalue weighted by atomic mass is 9.95. The Bertz CT molecular complexity index is 1790. The van der Waals surface area contributed by atoms with Crippen molar-refractivity contribution in [2.24, 2.45) is 0 Å². The second-order valence-electron chi connectivity index (χ2n) is 10.1. The summed E-state index contributed by atoms with van der Waals surface area (Å²) in [7, 11) is 0. The number of fused-ring (bicyclic) bond motifs is 1. The minimum absolute atomic E-state index is 0.105. The highest BCUT2D eigenvalue weighted by atomic mass is 19.3. The third-order valence-electron chi connectivity index (χ3n) is 7.25. The Balaban J connectivity index is 1.41. The number of carbonyl (C=O) groups excluding carboxylic acids is 1. The van der Waals surface area contributed by atoms with Crippen LogP contribution in [-0.2, 0) is 4.79 Å². The number of aromatic nitrogens is 3. The van der Waals surface area contributed by atoms with Crippen LogP contribution in [0.1, 0.15) is 36.8 Å². The molecule has 0 aliphatic heterocycles. The van der Waals surface area contributed by atoms with E-state index in [1.165, 1.54) is 30.5 Å². The molecule has 2 N–H and O–H groups in total. The molecule has 6 nitrogen and oxygen atoms in total. The monoisotopic (exact) mass is 560 g/mol. The number of hydrogen-bond donors (Lipinski definition) is 2. The molecule has 0 bridgehead atoms. The normalized spacial score (nSPS) is 14.0. The van der Waals surface area contributed by atoms with Crippen LogP contribution in [0.5, 0.6) is 0 Å². The molecule has 0 spiro atoms. The lowest BCUT2D eigenvalue weighted by molar-refractivity contribution is -0.118. The standard InChI is InChI=1S/C31H24F4N4O2/c32-20-5-1-17(2-6-20)23(16-25(34)35)30(40)38-26-15-19(11-13-36-26)29-27(18-3-7-21(33)8-4-18)28-24(37-29)12-14-39(31(28)41)22-9-10-22/h1-8,11-15,22-23,25,37H,9-10,16H2,(H,36,38,40)/t23-/m1/s1. The van der Waals surface area contributed by atoms with E-state index in [2.05, 4.69) is 15.3 Å². The van der Waals surface area contributed by atoms with E-state index in [1.54, 1.807) is 35.0 Å². The predicted molar refractivity (Wildman–Crippen MR) is 148 cm³/mol. The maximum Gasteiger partial charge on any atom is 0.260 e. The number of benzene rings is 2. The molecule has 1 aliphatic rings. The maximum absolute atomic E-state index is 13.8. The zero-order valence-corrected chi connectivity index (χ0v) is 21.6. The average molecular weight is 561 g/mol. The summed E-state index contributed by atoms with van der Waals surface area (Å²) in [6.07, 6.45) is 1.54. The Labute approximate surface area is 231 Å². The Morgan fingerprint density at radius 1 is 0.976 bits per heavy atom. The molecular weight excluding hydrogens is 536 g/mol. The van der Waals surface area contributed by atoms with Gasteiger partial charge in [-0.25, -0.2) is 22.5 Å². The highest BCUT2D eigenvalue weighted by molar-refractivity contribution is 6.04. The number of anilines is 1. The topological polar surface area (TPSA) is 79.8 Å². The summed E-state index contributed by atoms with van der Waals surface area (Å²) < 4.78 is 55.6. The van der Waals surface area contributed by atoms with Crippen molar-refractivity contribution in [2.75, 3.05) is 5.32 Å². The number of halogens is 4. The number of pyridine rings is 2. The fraction of sp³-hybridized carbons (Fsp3) is 0.194. The van der Waals surface area contributed by atoms with Gasteiger partial charge in [0.15, 0.2) is 0 Å². The van der Waals surface area contributed by atoms with Crippen LogP contribution in [0.15, 0.2) is 83.9 Å². The quantitative estimate of drug-likeness (QED) is 0.200. The fourth-order valence-electron chi connectivity index (χ4n) is 5.12. The molecule has 1 atom stereocenters. The molecule has 2 aromatic carbocycles. The van der Waals surface area contributed by atoms with Crippen LogP contribution < -0.4 is 10.9 Å². The van der Waals surface area contributed by atoms with E-state index >= 15 is 0 Å². The third-order valence-corrected chi connectivity index (χ3v) is 7.25. The van der Waals surface area contributed by atoms with Crippen molar-refractivity contribution in [3.8, 4) is 22.4 Å². The van der Waals surface area contributed by atoms with Crippen molar-refractivity contribution in [3.63, 3.8) is 0 Å². The molecule has 3 aromatic heterocycles. The summed E-state index contributed by atoms with van der Waals surface area (Å²) in [5, 5.41) is 3.06. The smallest absolute Gasteiger partial charge is 0.260 e. The molecule has 10 heteroatoms. The summed E-state index contributed by atoms with van der Waals surface area (Å²) in [4.78, 5) is 34.2. The van der Waals surface area contributed by atoms with Crippen LogP contribution >= 0.6 is 0 Å². The largest absolute Gasteiger partial charge is 0.354 e. The molecule has 1 aliphatic carbocycles. The van der Waals surface area contributed by atoms with E-state index in [-0.39, 0.29) is 23.0 Å². The highest BCUT2D eigenvalue weighted by Crippen LogP contribution is 2.39. The van der Waals surface area contributed by atoms with E-state index in [4.69, 9.17) is 0 Å². The van der Waals surface area contributed by atoms with Gasteiger partial charge in [-0.15, -0.1) is 0 Å². The summed E-state index contributed by atoms with van der Waals surface area (Å²) in [6.45, 7) is 0. The highest BCUT2D eigenvalue weighted by Gasteiger charge is 2.28. The Morgan fingerprint density at radius 2 is 1.66 bits per heavy atom. The van der Waals surface area contributed by atoms with Crippen molar-refractivity contribution < 1.29 is 22.4 Å². The Hall–Kier alpha value is -4.73. The first-order valence-electron chi connectivity index (χ1n) is 13.1. The van der Waals surface area contributed by atoms with Gasteiger partial charge in [0.05, 0.1) is 22.5 Å². The van der Waals surface area contributed by atoms with Gasteiger partial charge >= 0.3 is 0 Å². The van der Waals surface area contributed by atoms with Gasteiger partial charge in [0.2, 0.25) is 12.3 Å². The van der Waals surface area contributed by atoms with Gasteiger partial charge in [-0.1, -0.05) is 24.3 Å². The van der Waals surface area contributed by atoms with Gasteiger partial charge in [-0.3, -0.25) is 9.59 Å². The molecule has 6 rings (SSSR count). The second kappa shape index (κ2) is 10.7. The SMILES string of the molecule is O=C(Nc1cc(-c2[nH]c3ccn(C4CC4)c(=O)c3c2-c2ccc(F)cc2)ccn1)[C@H](CC(F)F)c1ccc(F)cc1. The molecule has 208 valence electrons. The first-order valence-corrected chi connectivity index (χ1v) is 13.1. The van der Waals surface area contributed by atoms with Gasteiger partial charge in [0, 0.05) is 36.0 Å². The molecule has 0 radical (unpaired) electrons. The van der Waals surface area contributed by atoms with E-state index in [0.29, 0.717) is 33.3 Å².